The van der Waals surface area contributed by atoms with Gasteiger partial charge in [0.05, 0.1) is 33.8 Å². The van der Waals surface area contributed by atoms with Gasteiger partial charge in [-0.1, -0.05) is 294 Å². The Kier molecular flexibility index (Phi) is 61.0. The first-order valence-electron chi connectivity index (χ1n) is 35.6. The van der Waals surface area contributed by atoms with Crippen LogP contribution in [0, 0.1) is 0 Å². The molecule has 0 rings (SSSR count). The molecular formula is C73H137N2O7P. The molecule has 83 heavy (non-hydrogen) atoms. The van der Waals surface area contributed by atoms with Gasteiger partial charge in [0.25, 0.3) is 7.82 Å². The van der Waals surface area contributed by atoms with Crippen molar-refractivity contribution in [2.75, 3.05) is 40.9 Å². The first-order chi connectivity index (χ1) is 40.4. The van der Waals surface area contributed by atoms with Crippen LogP contribution in [0.25, 0.3) is 0 Å². The summed E-state index contributed by atoms with van der Waals surface area (Å²) in [6.45, 7) is 6.84. The molecule has 0 aliphatic carbocycles. The van der Waals surface area contributed by atoms with Crippen molar-refractivity contribution < 1.29 is 37.3 Å². The second kappa shape index (κ2) is 62.8. The van der Waals surface area contributed by atoms with Gasteiger partial charge in [-0.05, 0) is 96.0 Å². The summed E-state index contributed by atoms with van der Waals surface area (Å²) in [6.07, 6.45) is 80.6. The molecule has 0 radical (unpaired) electrons. The molecule has 10 heteroatoms. The molecule has 1 amide bonds. The van der Waals surface area contributed by atoms with E-state index in [9.17, 15) is 19.0 Å². The largest absolute Gasteiger partial charge is 0.756 e. The van der Waals surface area contributed by atoms with Crippen LogP contribution in [0.5, 0.6) is 0 Å². The van der Waals surface area contributed by atoms with E-state index in [2.05, 4.69) is 74.7 Å². The number of hydrogen-bond acceptors (Lipinski definition) is 7. The lowest BCUT2D eigenvalue weighted by molar-refractivity contribution is -0.870. The molecule has 0 aliphatic rings. The third-order valence-electron chi connectivity index (χ3n) is 15.9. The highest BCUT2D eigenvalue weighted by atomic mass is 31.2. The topological polar surface area (TPSA) is 114 Å². The number of allylic oxidation sites excluding steroid dienone is 9. The van der Waals surface area contributed by atoms with Crippen molar-refractivity contribution in [3.05, 3.63) is 60.8 Å². The van der Waals surface area contributed by atoms with Crippen molar-refractivity contribution in [3.8, 4) is 0 Å². The van der Waals surface area contributed by atoms with E-state index in [1.54, 1.807) is 0 Å². The van der Waals surface area contributed by atoms with Gasteiger partial charge in [0, 0.05) is 12.8 Å². The lowest BCUT2D eigenvalue weighted by Gasteiger charge is -2.30. The quantitative estimate of drug-likeness (QED) is 0.0212. The summed E-state index contributed by atoms with van der Waals surface area (Å²) in [5.41, 5.74) is 0. The second-order valence-electron chi connectivity index (χ2n) is 25.4. The first kappa shape index (κ1) is 80.7. The number of ether oxygens (including phenoxy) is 1. The summed E-state index contributed by atoms with van der Waals surface area (Å²) < 4.78 is 30.4. The summed E-state index contributed by atoms with van der Waals surface area (Å²) in [6, 6.07) is -0.890. The van der Waals surface area contributed by atoms with Crippen LogP contribution in [0.2, 0.25) is 0 Å². The minimum absolute atomic E-state index is 0.0224. The summed E-state index contributed by atoms with van der Waals surface area (Å²) in [4.78, 5) is 40.1. The zero-order valence-electron chi connectivity index (χ0n) is 55.7. The molecular weight excluding hydrogens is 1050 g/mol. The molecule has 1 N–H and O–H groups in total. The van der Waals surface area contributed by atoms with Gasteiger partial charge >= 0.3 is 5.97 Å². The number of rotatable bonds is 65. The van der Waals surface area contributed by atoms with Crippen LogP contribution in [0.15, 0.2) is 60.8 Å². The standard InChI is InChI=1S/C73H137N2O7P/c1-7-10-13-16-19-22-25-27-29-31-33-34-35-36-37-38-39-40-42-44-46-48-51-54-57-60-63-66-73(77)82-71(64-61-58-55-52-49-24-21-18-15-12-9-3)70(69-81-83(78,79)80-68-67-75(4,5)6)74-72(76)65-62-59-56-53-50-47-45-43-41-32-30-28-26-23-20-17-14-11-8-2/h19,22,27-30,33-34,61,64,70-71H,7-18,20-21,23-26,31-32,35-60,62-63,65-69H2,1-6H3,(H-,74,76,78,79)/b22-19-,29-27-,30-28+,34-33-,64-61-. The van der Waals surface area contributed by atoms with Gasteiger partial charge in [-0.2, -0.15) is 0 Å². The molecule has 0 aromatic rings. The fraction of sp³-hybridized carbons (Fsp3) is 0.836. The maximum absolute atomic E-state index is 13.6. The number of carbonyl (C=O) groups excluding carboxylic acids is 2. The summed E-state index contributed by atoms with van der Waals surface area (Å²) in [5, 5.41) is 3.04. The monoisotopic (exact) mass is 1190 g/mol. The minimum Gasteiger partial charge on any atom is -0.756 e. The molecule has 486 valence electrons. The maximum Gasteiger partial charge on any atom is 0.306 e. The first-order valence-corrected chi connectivity index (χ1v) is 37.1. The highest BCUT2D eigenvalue weighted by Gasteiger charge is 2.27. The Hall–Kier alpha value is -2.29. The van der Waals surface area contributed by atoms with Crippen LogP contribution in [0.1, 0.15) is 342 Å². The third kappa shape index (κ3) is 64.0. The normalized spacial score (nSPS) is 13.9. The lowest BCUT2D eigenvalue weighted by atomic mass is 10.0. The number of quaternary nitrogens is 1. The van der Waals surface area contributed by atoms with E-state index in [4.69, 9.17) is 13.8 Å². The van der Waals surface area contributed by atoms with E-state index in [1.807, 2.05) is 33.3 Å². The molecule has 0 aromatic heterocycles. The number of esters is 1. The Balaban J connectivity index is 4.98. The van der Waals surface area contributed by atoms with E-state index in [-0.39, 0.29) is 31.5 Å². The average molecular weight is 1190 g/mol. The fourth-order valence-corrected chi connectivity index (χ4v) is 11.1. The van der Waals surface area contributed by atoms with E-state index in [0.29, 0.717) is 17.4 Å². The van der Waals surface area contributed by atoms with Crippen LogP contribution in [-0.2, 0) is 27.9 Å². The Labute approximate surface area is 515 Å². The van der Waals surface area contributed by atoms with Gasteiger partial charge < -0.3 is 28.5 Å². The van der Waals surface area contributed by atoms with Crippen LogP contribution >= 0.6 is 7.82 Å². The summed E-state index contributed by atoms with van der Waals surface area (Å²) in [7, 11) is 1.19. The van der Waals surface area contributed by atoms with Gasteiger partial charge in [-0.25, -0.2) is 0 Å². The zero-order chi connectivity index (χ0) is 60.7. The van der Waals surface area contributed by atoms with Gasteiger partial charge in [0.2, 0.25) is 5.91 Å². The van der Waals surface area contributed by atoms with Crippen LogP contribution in [-0.4, -0.2) is 69.4 Å². The van der Waals surface area contributed by atoms with Crippen molar-refractivity contribution >= 4 is 19.7 Å². The molecule has 0 saturated carbocycles. The molecule has 0 aliphatic heterocycles. The molecule has 3 unspecified atom stereocenters. The number of likely N-dealkylation sites (N-methyl/N-ethyl adjacent to an activating group) is 1. The minimum atomic E-state index is -4.70. The highest BCUT2D eigenvalue weighted by Crippen LogP contribution is 2.38. The second-order valence-corrected chi connectivity index (χ2v) is 26.8. The van der Waals surface area contributed by atoms with E-state index >= 15 is 0 Å². The molecule has 0 aromatic carbocycles. The third-order valence-corrected chi connectivity index (χ3v) is 16.9. The Morgan fingerprint density at radius 1 is 0.422 bits per heavy atom. The van der Waals surface area contributed by atoms with E-state index < -0.39 is 20.0 Å². The van der Waals surface area contributed by atoms with Crippen molar-refractivity contribution in [1.82, 2.24) is 5.32 Å². The Bertz CT molecular complexity index is 1600. The molecule has 3 atom stereocenters. The highest BCUT2D eigenvalue weighted by molar-refractivity contribution is 7.45. The fourth-order valence-electron chi connectivity index (χ4n) is 10.4. The molecule has 0 fully saturated rings. The zero-order valence-corrected chi connectivity index (χ0v) is 56.6. The predicted molar refractivity (Wildman–Crippen MR) is 358 cm³/mol. The maximum atomic E-state index is 13.6. The number of nitrogens with one attached hydrogen (secondary N) is 1. The number of carbonyl (C=O) groups is 2. The van der Waals surface area contributed by atoms with Crippen LogP contribution in [0.4, 0.5) is 0 Å². The Morgan fingerprint density at radius 2 is 0.735 bits per heavy atom. The smallest absolute Gasteiger partial charge is 0.306 e. The molecule has 0 saturated heterocycles. The van der Waals surface area contributed by atoms with Crippen LogP contribution in [0.3, 0.4) is 0 Å². The predicted octanol–water partition coefficient (Wildman–Crippen LogP) is 21.9. The summed E-state index contributed by atoms with van der Waals surface area (Å²) >= 11 is 0. The molecule has 0 heterocycles. The van der Waals surface area contributed by atoms with Gasteiger partial charge in [0.15, 0.2) is 0 Å². The van der Waals surface area contributed by atoms with E-state index in [0.717, 1.165) is 70.6 Å². The number of phosphoric ester groups is 1. The van der Waals surface area contributed by atoms with Crippen LogP contribution < -0.4 is 10.2 Å². The van der Waals surface area contributed by atoms with Crippen molar-refractivity contribution in [1.29, 1.82) is 0 Å². The van der Waals surface area contributed by atoms with Crippen molar-refractivity contribution in [3.63, 3.8) is 0 Å². The van der Waals surface area contributed by atoms with Gasteiger partial charge in [-0.15, -0.1) is 0 Å². The SMILES string of the molecule is CCCCC/C=C\C/C=C\C/C=C\CCCCCCCCCCCCCCCCC(=O)OC(/C=C\CCCCCCCCCCC)C(COP(=O)([O-])OCC[N+](C)(C)C)NC(=O)CCCCCCCCCCC/C=C/CCCCCCCC. The molecule has 0 spiro atoms. The van der Waals surface area contributed by atoms with Crippen molar-refractivity contribution in [2.24, 2.45) is 0 Å². The number of phosphoric acid groups is 1. The number of hydrogen-bond donors (Lipinski definition) is 1. The van der Waals surface area contributed by atoms with E-state index in [1.165, 1.54) is 238 Å². The Morgan fingerprint density at radius 3 is 1.13 bits per heavy atom. The average Bonchev–Trinajstić information content (AvgIpc) is 3.51. The van der Waals surface area contributed by atoms with Gasteiger partial charge in [0.1, 0.15) is 19.3 Å². The van der Waals surface area contributed by atoms with Crippen molar-refractivity contribution in [2.45, 2.75) is 354 Å². The van der Waals surface area contributed by atoms with Gasteiger partial charge in [-0.3, -0.25) is 14.2 Å². The lowest BCUT2D eigenvalue weighted by Crippen LogP contribution is -2.47. The molecule has 0 bridgehead atoms. The number of nitrogens with zero attached hydrogens (tertiary/aromatic N) is 1. The number of unbranched alkanes of at least 4 members (excludes halogenated alkanes) is 41. The summed E-state index contributed by atoms with van der Waals surface area (Å²) in [5.74, 6) is -0.532. The molecule has 9 nitrogen and oxygen atoms in total. The number of amides is 1.